The van der Waals surface area contributed by atoms with E-state index in [-0.39, 0.29) is 0 Å². The molecule has 24 heavy (non-hydrogen) atoms. The molecule has 5 heterocycles. The number of fused-ring (bicyclic) bond motifs is 1. The zero-order valence-corrected chi connectivity index (χ0v) is 14.6. The molecule has 5 rings (SSSR count). The molecule has 0 aromatic carbocycles. The molecular weight excluding hydrogens is 318 g/mol. The monoisotopic (exact) mass is 339 g/mol. The maximum Gasteiger partial charge on any atom is 0.140 e. The lowest BCUT2D eigenvalue weighted by Crippen LogP contribution is -2.42. The average molecular weight is 339 g/mol. The second-order valence-electron chi connectivity index (χ2n) is 7.01. The average Bonchev–Trinajstić information content (AvgIpc) is 3.36. The van der Waals surface area contributed by atoms with Crippen molar-refractivity contribution < 1.29 is 0 Å². The Morgan fingerprint density at radius 2 is 2.25 bits per heavy atom. The van der Waals surface area contributed by atoms with Gasteiger partial charge in [0, 0.05) is 47.7 Å². The fraction of sp³-hybridized carbons (Fsp3) is 0.444. The third kappa shape index (κ3) is 2.17. The van der Waals surface area contributed by atoms with Gasteiger partial charge in [0.05, 0.1) is 11.1 Å². The summed E-state index contributed by atoms with van der Waals surface area (Å²) in [5.74, 6) is 0. The molecule has 2 N–H and O–H groups in total. The van der Waals surface area contributed by atoms with Crippen LogP contribution in [0, 0.1) is 6.92 Å². The van der Waals surface area contributed by atoms with E-state index in [0.717, 1.165) is 30.3 Å². The fourth-order valence-corrected chi connectivity index (χ4v) is 5.03. The van der Waals surface area contributed by atoms with E-state index >= 15 is 0 Å². The number of rotatable bonds is 2. The van der Waals surface area contributed by atoms with Crippen molar-refractivity contribution >= 4 is 28.1 Å². The molecular formula is C18H21N5S. The largest absolute Gasteiger partial charge is 0.369 e. The van der Waals surface area contributed by atoms with E-state index < -0.39 is 0 Å². The number of aromatic amines is 1. The number of nitrogens with zero attached hydrogens (tertiary/aromatic N) is 3. The summed E-state index contributed by atoms with van der Waals surface area (Å²) < 4.78 is 0. The molecule has 6 heteroatoms. The first-order chi connectivity index (χ1) is 11.7. The number of hydrogen-bond donors (Lipinski definition) is 2. The summed E-state index contributed by atoms with van der Waals surface area (Å²) in [4.78, 5) is 16.2. The van der Waals surface area contributed by atoms with Gasteiger partial charge in [-0.3, -0.25) is 0 Å². The molecule has 2 aliphatic heterocycles. The van der Waals surface area contributed by atoms with Gasteiger partial charge >= 0.3 is 0 Å². The van der Waals surface area contributed by atoms with Crippen molar-refractivity contribution in [2.45, 2.75) is 31.7 Å². The van der Waals surface area contributed by atoms with Crippen molar-refractivity contribution in [3.63, 3.8) is 0 Å². The van der Waals surface area contributed by atoms with Crippen LogP contribution in [0.25, 0.3) is 21.6 Å². The summed E-state index contributed by atoms with van der Waals surface area (Å²) in [6.07, 6.45) is 9.74. The molecule has 2 fully saturated rings. The Morgan fingerprint density at radius 1 is 1.29 bits per heavy atom. The number of thiazole rings is 1. The number of hydrogen-bond acceptors (Lipinski definition) is 5. The van der Waals surface area contributed by atoms with E-state index in [4.69, 9.17) is 0 Å². The Labute approximate surface area is 145 Å². The van der Waals surface area contributed by atoms with Gasteiger partial charge in [-0.1, -0.05) is 0 Å². The van der Waals surface area contributed by atoms with Crippen LogP contribution in [0.15, 0.2) is 24.7 Å². The van der Waals surface area contributed by atoms with Crippen LogP contribution in [0.5, 0.6) is 0 Å². The normalized spacial score (nSPS) is 23.8. The minimum Gasteiger partial charge on any atom is -0.369 e. The quantitative estimate of drug-likeness (QED) is 0.752. The molecule has 2 aliphatic rings. The van der Waals surface area contributed by atoms with Crippen molar-refractivity contribution in [2.24, 2.45) is 0 Å². The Bertz CT molecular complexity index is 890. The van der Waals surface area contributed by atoms with E-state index in [9.17, 15) is 0 Å². The first-order valence-electron chi connectivity index (χ1n) is 8.63. The molecule has 1 spiro atoms. The summed E-state index contributed by atoms with van der Waals surface area (Å²) in [6, 6.07) is 2.16. The molecule has 0 saturated carbocycles. The second kappa shape index (κ2) is 5.29. The molecule has 0 bridgehead atoms. The van der Waals surface area contributed by atoms with Crippen LogP contribution in [0.3, 0.4) is 0 Å². The standard InChI is InChI=1S/C18H21N5S/c1-12-9-21-17(24-12)13-10-20-16-15(13)14(3-7-19-16)23-8-5-18(11-23)4-2-6-22-18/h3,7,9-10,22H,2,4-6,8,11H2,1H3,(H,19,20). The van der Waals surface area contributed by atoms with Crippen LogP contribution in [0.1, 0.15) is 24.1 Å². The Balaban J connectivity index is 1.60. The Hall–Kier alpha value is -1.92. The number of anilines is 1. The lowest BCUT2D eigenvalue weighted by atomic mass is 9.97. The molecule has 2 saturated heterocycles. The molecule has 1 atom stereocenters. The highest BCUT2D eigenvalue weighted by molar-refractivity contribution is 7.15. The molecule has 124 valence electrons. The van der Waals surface area contributed by atoms with Gasteiger partial charge in [0.2, 0.25) is 0 Å². The van der Waals surface area contributed by atoms with Gasteiger partial charge in [-0.05, 0) is 38.8 Å². The van der Waals surface area contributed by atoms with Crippen molar-refractivity contribution in [1.29, 1.82) is 0 Å². The maximum atomic E-state index is 4.59. The number of aryl methyl sites for hydroxylation is 1. The van der Waals surface area contributed by atoms with Gasteiger partial charge in [-0.2, -0.15) is 0 Å². The molecule has 0 aliphatic carbocycles. The fourth-order valence-electron chi connectivity index (χ4n) is 4.25. The molecule has 1 unspecified atom stereocenters. The van der Waals surface area contributed by atoms with Crippen LogP contribution >= 0.6 is 11.3 Å². The number of pyridine rings is 1. The van der Waals surface area contributed by atoms with Crippen LogP contribution < -0.4 is 10.2 Å². The Morgan fingerprint density at radius 3 is 3.04 bits per heavy atom. The van der Waals surface area contributed by atoms with Gasteiger partial charge < -0.3 is 15.2 Å². The van der Waals surface area contributed by atoms with Gasteiger partial charge in [0.1, 0.15) is 10.7 Å². The highest BCUT2D eigenvalue weighted by atomic mass is 32.1. The predicted octanol–water partition coefficient (Wildman–Crippen LogP) is 3.33. The zero-order valence-electron chi connectivity index (χ0n) is 13.8. The molecule has 3 aromatic heterocycles. The SMILES string of the molecule is Cc1cnc(-c2c[nH]c3nccc(N4CCC5(CCCN5)C4)c23)s1. The summed E-state index contributed by atoms with van der Waals surface area (Å²) in [5.41, 5.74) is 3.74. The molecule has 0 radical (unpaired) electrons. The number of nitrogens with one attached hydrogen (secondary N) is 2. The van der Waals surface area contributed by atoms with Gasteiger partial charge in [-0.15, -0.1) is 11.3 Å². The second-order valence-corrected chi connectivity index (χ2v) is 8.25. The third-order valence-electron chi connectivity index (χ3n) is 5.43. The van der Waals surface area contributed by atoms with Gasteiger partial charge in [0.25, 0.3) is 0 Å². The van der Waals surface area contributed by atoms with Crippen molar-refractivity contribution in [1.82, 2.24) is 20.3 Å². The molecule has 5 nitrogen and oxygen atoms in total. The van der Waals surface area contributed by atoms with E-state index in [2.05, 4.69) is 44.4 Å². The van der Waals surface area contributed by atoms with E-state index in [1.807, 2.05) is 12.4 Å². The first kappa shape index (κ1) is 14.4. The third-order valence-corrected chi connectivity index (χ3v) is 6.38. The van der Waals surface area contributed by atoms with Crippen LogP contribution in [0.2, 0.25) is 0 Å². The summed E-state index contributed by atoms with van der Waals surface area (Å²) >= 11 is 1.74. The van der Waals surface area contributed by atoms with E-state index in [1.165, 1.54) is 40.8 Å². The summed E-state index contributed by atoms with van der Waals surface area (Å²) in [5, 5.41) is 6.03. The van der Waals surface area contributed by atoms with Crippen LogP contribution in [0.4, 0.5) is 5.69 Å². The molecule has 3 aromatic rings. The lowest BCUT2D eigenvalue weighted by Gasteiger charge is -2.25. The molecule has 0 amide bonds. The maximum absolute atomic E-state index is 4.59. The minimum atomic E-state index is 0.323. The number of aromatic nitrogens is 3. The minimum absolute atomic E-state index is 0.323. The van der Waals surface area contributed by atoms with E-state index in [0.29, 0.717) is 5.54 Å². The zero-order chi connectivity index (χ0) is 16.1. The highest BCUT2D eigenvalue weighted by Crippen LogP contribution is 2.40. The summed E-state index contributed by atoms with van der Waals surface area (Å²) in [7, 11) is 0. The van der Waals surface area contributed by atoms with Crippen LogP contribution in [-0.2, 0) is 0 Å². The number of H-pyrrole nitrogens is 1. The first-order valence-corrected chi connectivity index (χ1v) is 9.45. The summed E-state index contributed by atoms with van der Waals surface area (Å²) in [6.45, 7) is 5.46. The van der Waals surface area contributed by atoms with Crippen molar-refractivity contribution in [3.05, 3.63) is 29.5 Å². The van der Waals surface area contributed by atoms with Gasteiger partial charge in [-0.25, -0.2) is 9.97 Å². The Kier molecular flexibility index (Phi) is 3.18. The van der Waals surface area contributed by atoms with Crippen molar-refractivity contribution in [3.8, 4) is 10.6 Å². The lowest BCUT2D eigenvalue weighted by molar-refractivity contribution is 0.419. The van der Waals surface area contributed by atoms with E-state index in [1.54, 1.807) is 11.3 Å². The topological polar surface area (TPSA) is 56.8 Å². The van der Waals surface area contributed by atoms with Gasteiger partial charge in [0.15, 0.2) is 0 Å². The predicted molar refractivity (Wildman–Crippen MR) is 98.7 cm³/mol. The van der Waals surface area contributed by atoms with Crippen LogP contribution in [-0.4, -0.2) is 40.1 Å². The smallest absolute Gasteiger partial charge is 0.140 e. The highest BCUT2D eigenvalue weighted by Gasteiger charge is 2.40. The van der Waals surface area contributed by atoms with Crippen molar-refractivity contribution in [2.75, 3.05) is 24.5 Å².